The molecular weight excluding hydrogens is 775 g/mol. The van der Waals surface area contributed by atoms with Crippen LogP contribution in [0.2, 0.25) is 0 Å². The number of nitro groups is 1. The van der Waals surface area contributed by atoms with Crippen molar-refractivity contribution in [3.63, 3.8) is 0 Å². The van der Waals surface area contributed by atoms with Gasteiger partial charge in [-0.1, -0.05) is 210 Å². The summed E-state index contributed by atoms with van der Waals surface area (Å²) in [7, 11) is 0. The quantitative estimate of drug-likeness (QED) is 0.0124. The van der Waals surface area contributed by atoms with E-state index in [0.717, 1.165) is 53.9 Å². The van der Waals surface area contributed by atoms with Crippen LogP contribution in [0.4, 0.5) is 10.5 Å². The topological polar surface area (TPSA) is 108 Å². The number of unbranched alkanes of at least 4 members (excludes halogenated alkanes) is 22. The largest absolute Gasteiger partial charge is 0.511 e. The van der Waals surface area contributed by atoms with Crippen LogP contribution in [0.3, 0.4) is 0 Å². The fraction of sp³-hybridized carbons (Fsp3) is 0.537. The lowest BCUT2D eigenvalue weighted by atomic mass is 9.64. The zero-order valence-electron chi connectivity index (χ0n) is 38.0. The Morgan fingerprint density at radius 2 is 0.887 bits per heavy atom. The summed E-state index contributed by atoms with van der Waals surface area (Å²) < 4.78 is 17.8. The predicted octanol–water partition coefficient (Wildman–Crippen LogP) is 16.2. The minimum atomic E-state index is -1.51. The lowest BCUT2D eigenvalue weighted by molar-refractivity contribution is -0.385. The number of hydrogen-bond acceptors (Lipinski definition) is 6. The third-order valence-electron chi connectivity index (χ3n) is 12.1. The number of rotatable bonds is 34. The first-order valence-electron chi connectivity index (χ1n) is 24.1. The van der Waals surface area contributed by atoms with Crippen molar-refractivity contribution in [1.29, 1.82) is 0 Å². The molecule has 0 aliphatic heterocycles. The standard InChI is InChI=1S/C54H75NO7/c1-3-5-7-9-11-13-15-17-19-21-23-28-42-60-49-37-32-46(33-38-49)54(45-30-26-25-27-31-45,51-44-48(55(58)59)36-41-52(51)62-53(56)57)47-34-39-50(40-35-47)61-43-29-24-22-20-18-16-14-12-10-8-6-4-2/h25-27,30-41,44H,3-24,28-29,42-43H2,1-2H3,(H,56,57). The van der Waals surface area contributed by atoms with Crippen molar-refractivity contribution in [3.8, 4) is 17.2 Å². The van der Waals surface area contributed by atoms with Gasteiger partial charge in [0.2, 0.25) is 0 Å². The second-order valence-corrected chi connectivity index (χ2v) is 16.9. The van der Waals surface area contributed by atoms with Crippen LogP contribution in [0, 0.1) is 10.1 Å². The van der Waals surface area contributed by atoms with E-state index in [4.69, 9.17) is 14.2 Å². The van der Waals surface area contributed by atoms with Crippen molar-refractivity contribution in [2.45, 2.75) is 173 Å². The van der Waals surface area contributed by atoms with Crippen molar-refractivity contribution in [3.05, 3.63) is 129 Å². The average Bonchev–Trinajstić information content (AvgIpc) is 3.28. The fourth-order valence-corrected chi connectivity index (χ4v) is 8.63. The minimum Gasteiger partial charge on any atom is -0.494 e. The van der Waals surface area contributed by atoms with E-state index < -0.39 is 16.5 Å². The van der Waals surface area contributed by atoms with Gasteiger partial charge < -0.3 is 19.3 Å². The zero-order chi connectivity index (χ0) is 44.1. The summed E-state index contributed by atoms with van der Waals surface area (Å²) >= 11 is 0. The summed E-state index contributed by atoms with van der Waals surface area (Å²) in [5, 5.41) is 22.1. The summed E-state index contributed by atoms with van der Waals surface area (Å²) in [5.41, 5.74) is 1.24. The molecule has 62 heavy (non-hydrogen) atoms. The van der Waals surface area contributed by atoms with Crippen molar-refractivity contribution >= 4 is 11.8 Å². The lowest BCUT2D eigenvalue weighted by Gasteiger charge is -2.37. The highest BCUT2D eigenvalue weighted by Crippen LogP contribution is 2.50. The normalized spacial score (nSPS) is 11.4. The molecular formula is C54H75NO7. The van der Waals surface area contributed by atoms with E-state index in [1.807, 2.05) is 78.9 Å². The van der Waals surface area contributed by atoms with E-state index in [1.165, 1.54) is 147 Å². The van der Waals surface area contributed by atoms with Gasteiger partial charge in [-0.2, -0.15) is 0 Å². The van der Waals surface area contributed by atoms with Gasteiger partial charge in [-0.15, -0.1) is 0 Å². The number of benzene rings is 4. The second kappa shape index (κ2) is 29.5. The Labute approximate surface area is 373 Å². The summed E-state index contributed by atoms with van der Waals surface area (Å²) in [6.07, 6.45) is 29.2. The van der Waals surface area contributed by atoms with Crippen LogP contribution in [0.5, 0.6) is 17.2 Å². The lowest BCUT2D eigenvalue weighted by Crippen LogP contribution is -2.32. The van der Waals surface area contributed by atoms with Gasteiger partial charge in [0, 0.05) is 17.7 Å². The van der Waals surface area contributed by atoms with Gasteiger partial charge >= 0.3 is 6.16 Å². The molecule has 0 aliphatic rings. The Kier molecular flexibility index (Phi) is 23.7. The van der Waals surface area contributed by atoms with Crippen molar-refractivity contribution in [2.75, 3.05) is 13.2 Å². The molecule has 0 heterocycles. The number of carbonyl (C=O) groups is 1. The van der Waals surface area contributed by atoms with Crippen LogP contribution in [0.25, 0.3) is 0 Å². The third kappa shape index (κ3) is 16.8. The smallest absolute Gasteiger partial charge is 0.494 e. The van der Waals surface area contributed by atoms with Crippen molar-refractivity contribution in [1.82, 2.24) is 0 Å². The molecule has 0 aromatic heterocycles. The van der Waals surface area contributed by atoms with Crippen LogP contribution in [-0.2, 0) is 5.41 Å². The molecule has 0 saturated carbocycles. The van der Waals surface area contributed by atoms with E-state index in [0.29, 0.717) is 18.8 Å². The molecule has 338 valence electrons. The summed E-state index contributed by atoms with van der Waals surface area (Å²) in [6, 6.07) is 29.3. The van der Waals surface area contributed by atoms with E-state index in [2.05, 4.69) is 13.8 Å². The highest BCUT2D eigenvalue weighted by atomic mass is 16.7. The summed E-state index contributed by atoms with van der Waals surface area (Å²) in [4.78, 5) is 23.9. The molecule has 0 aliphatic carbocycles. The van der Waals surface area contributed by atoms with Crippen LogP contribution in [-0.4, -0.2) is 29.4 Å². The number of carboxylic acid groups (broad SMARTS) is 1. The molecule has 0 bridgehead atoms. The molecule has 0 radical (unpaired) electrons. The van der Waals surface area contributed by atoms with Gasteiger partial charge in [-0.3, -0.25) is 10.1 Å². The number of nitro benzene ring substituents is 1. The Bertz CT molecular complexity index is 1740. The third-order valence-corrected chi connectivity index (χ3v) is 12.1. The molecule has 0 amide bonds. The van der Waals surface area contributed by atoms with Crippen LogP contribution in [0.15, 0.2) is 97.1 Å². The first-order chi connectivity index (χ1) is 30.4. The molecule has 8 heteroatoms. The van der Waals surface area contributed by atoms with Crippen LogP contribution in [0.1, 0.15) is 190 Å². The van der Waals surface area contributed by atoms with Gasteiger partial charge in [-0.05, 0) is 59.9 Å². The monoisotopic (exact) mass is 850 g/mol. The van der Waals surface area contributed by atoms with Gasteiger partial charge in [0.15, 0.2) is 0 Å². The van der Waals surface area contributed by atoms with Crippen LogP contribution >= 0.6 is 0 Å². The molecule has 1 N–H and O–H groups in total. The van der Waals surface area contributed by atoms with Gasteiger partial charge in [0.1, 0.15) is 17.2 Å². The van der Waals surface area contributed by atoms with Crippen molar-refractivity contribution in [2.24, 2.45) is 0 Å². The predicted molar refractivity (Wildman–Crippen MR) is 253 cm³/mol. The highest BCUT2D eigenvalue weighted by molar-refractivity contribution is 5.69. The molecule has 8 nitrogen and oxygen atoms in total. The Morgan fingerprint density at radius 3 is 1.26 bits per heavy atom. The second-order valence-electron chi connectivity index (χ2n) is 16.9. The maximum atomic E-state index is 12.3. The Morgan fingerprint density at radius 1 is 0.516 bits per heavy atom. The molecule has 4 aromatic carbocycles. The first-order valence-corrected chi connectivity index (χ1v) is 24.1. The number of ether oxygens (including phenoxy) is 3. The maximum absolute atomic E-state index is 12.3. The summed E-state index contributed by atoms with van der Waals surface area (Å²) in [5.74, 6) is 1.45. The van der Waals surface area contributed by atoms with E-state index in [1.54, 1.807) is 0 Å². The molecule has 4 aromatic rings. The SMILES string of the molecule is CCCCCCCCCCCCCCOc1ccc(C(c2ccccc2)(c2ccc(OCCCCCCCCCCCCCC)cc2)c2cc([N+](=O)[O-])ccc2OC(=O)O)cc1. The first kappa shape index (κ1) is 49.8. The number of non-ortho nitro benzene ring substituents is 1. The zero-order valence-corrected chi connectivity index (χ0v) is 38.0. The molecule has 4 rings (SSSR count). The van der Waals surface area contributed by atoms with E-state index in [9.17, 15) is 20.0 Å². The Balaban J connectivity index is 1.48. The molecule has 0 fully saturated rings. The minimum absolute atomic E-state index is 0.00607. The van der Waals surface area contributed by atoms with E-state index >= 15 is 0 Å². The molecule has 0 atom stereocenters. The van der Waals surface area contributed by atoms with Gasteiger partial charge in [0.25, 0.3) is 5.69 Å². The van der Waals surface area contributed by atoms with Crippen LogP contribution < -0.4 is 14.2 Å². The van der Waals surface area contributed by atoms with Gasteiger partial charge in [0.05, 0.1) is 23.6 Å². The Hall–Kier alpha value is -4.85. The number of hydrogen-bond donors (Lipinski definition) is 1. The fourth-order valence-electron chi connectivity index (χ4n) is 8.63. The highest BCUT2D eigenvalue weighted by Gasteiger charge is 2.42. The summed E-state index contributed by atoms with van der Waals surface area (Å²) in [6.45, 7) is 5.75. The molecule has 0 saturated heterocycles. The van der Waals surface area contributed by atoms with E-state index in [-0.39, 0.29) is 11.4 Å². The maximum Gasteiger partial charge on any atom is 0.511 e. The van der Waals surface area contributed by atoms with Crippen molar-refractivity contribution < 1.29 is 29.0 Å². The average molecular weight is 850 g/mol. The molecule has 0 spiro atoms. The number of nitrogens with zero attached hydrogens (tertiary/aromatic N) is 1. The van der Waals surface area contributed by atoms with Gasteiger partial charge in [-0.25, -0.2) is 4.79 Å². The molecule has 0 unspecified atom stereocenters.